The largest absolute Gasteiger partial charge is 0.419 e. The quantitative estimate of drug-likeness (QED) is 0.910. The van der Waals surface area contributed by atoms with Crippen molar-refractivity contribution in [2.75, 3.05) is 10.6 Å². The van der Waals surface area contributed by atoms with E-state index in [-0.39, 0.29) is 30.4 Å². The molecule has 0 radical (unpaired) electrons. The molecule has 1 aliphatic heterocycles. The van der Waals surface area contributed by atoms with Crippen LogP contribution in [0.5, 0.6) is 0 Å². The van der Waals surface area contributed by atoms with Gasteiger partial charge >= 0.3 is 6.18 Å². The number of aromatic nitrogens is 2. The Hall–Kier alpha value is -2.64. The van der Waals surface area contributed by atoms with Gasteiger partial charge in [0.25, 0.3) is 0 Å². The highest BCUT2D eigenvalue weighted by atomic mass is 19.4. The summed E-state index contributed by atoms with van der Waals surface area (Å²) in [6.45, 7) is 1.61. The van der Waals surface area contributed by atoms with Gasteiger partial charge in [0, 0.05) is 17.6 Å². The lowest BCUT2D eigenvalue weighted by Gasteiger charge is -2.12. The van der Waals surface area contributed by atoms with Crippen molar-refractivity contribution in [3.05, 3.63) is 41.2 Å². The van der Waals surface area contributed by atoms with Gasteiger partial charge in [-0.25, -0.2) is 9.97 Å². The predicted molar refractivity (Wildman–Crippen MR) is 78.5 cm³/mol. The lowest BCUT2D eigenvalue weighted by atomic mass is 10.1. The molecule has 120 valence electrons. The lowest BCUT2D eigenvalue weighted by Crippen LogP contribution is -2.12. The van der Waals surface area contributed by atoms with Crippen LogP contribution in [0, 0.1) is 0 Å². The van der Waals surface area contributed by atoms with Crippen LogP contribution in [0.4, 0.5) is 30.5 Å². The monoisotopic (exact) mass is 322 g/mol. The molecule has 0 fully saturated rings. The van der Waals surface area contributed by atoms with E-state index in [2.05, 4.69) is 20.6 Å². The Morgan fingerprint density at radius 3 is 2.83 bits per heavy atom. The van der Waals surface area contributed by atoms with Crippen LogP contribution in [0.25, 0.3) is 0 Å². The fourth-order valence-corrected chi connectivity index (χ4v) is 2.42. The van der Waals surface area contributed by atoms with Crippen molar-refractivity contribution >= 4 is 23.2 Å². The maximum absolute atomic E-state index is 12.8. The number of hydrogen-bond acceptors (Lipinski definition) is 4. The van der Waals surface area contributed by atoms with E-state index < -0.39 is 11.7 Å². The molecule has 5 nitrogen and oxygen atoms in total. The average Bonchev–Trinajstić information content (AvgIpc) is 2.85. The van der Waals surface area contributed by atoms with Gasteiger partial charge in [-0.3, -0.25) is 4.79 Å². The summed E-state index contributed by atoms with van der Waals surface area (Å²) in [5.41, 5.74) is 1.29. The molecule has 1 amide bonds. The van der Waals surface area contributed by atoms with Gasteiger partial charge in [-0.1, -0.05) is 6.92 Å². The topological polar surface area (TPSA) is 66.9 Å². The summed E-state index contributed by atoms with van der Waals surface area (Å²) in [5.74, 6) is 0.00304. The first-order valence-corrected chi connectivity index (χ1v) is 6.99. The highest BCUT2D eigenvalue weighted by molar-refractivity contribution is 5.99. The van der Waals surface area contributed by atoms with E-state index in [1.807, 2.05) is 0 Å². The summed E-state index contributed by atoms with van der Waals surface area (Å²) in [6, 6.07) is 5.18. The van der Waals surface area contributed by atoms with Gasteiger partial charge in [-0.2, -0.15) is 13.2 Å². The first-order valence-electron chi connectivity index (χ1n) is 6.99. The van der Waals surface area contributed by atoms with Crippen LogP contribution in [-0.4, -0.2) is 15.9 Å². The van der Waals surface area contributed by atoms with Gasteiger partial charge in [-0.15, -0.1) is 0 Å². The molecule has 0 saturated heterocycles. The van der Waals surface area contributed by atoms with E-state index in [0.29, 0.717) is 5.69 Å². The fourth-order valence-electron chi connectivity index (χ4n) is 2.42. The van der Waals surface area contributed by atoms with Crippen molar-refractivity contribution in [2.45, 2.75) is 25.9 Å². The van der Waals surface area contributed by atoms with Crippen molar-refractivity contribution in [3.8, 4) is 0 Å². The van der Waals surface area contributed by atoms with Crippen molar-refractivity contribution in [3.63, 3.8) is 0 Å². The Labute approximate surface area is 130 Å². The minimum absolute atomic E-state index is 0.0620. The van der Waals surface area contributed by atoms with Gasteiger partial charge in [0.1, 0.15) is 0 Å². The van der Waals surface area contributed by atoms with Crippen LogP contribution in [0.15, 0.2) is 24.4 Å². The van der Waals surface area contributed by atoms with E-state index >= 15 is 0 Å². The minimum Gasteiger partial charge on any atom is -0.326 e. The van der Waals surface area contributed by atoms with Gasteiger partial charge in [-0.05, 0) is 30.2 Å². The summed E-state index contributed by atoms with van der Waals surface area (Å²) in [5, 5.41) is 5.58. The Morgan fingerprint density at radius 2 is 2.13 bits per heavy atom. The highest BCUT2D eigenvalue weighted by Crippen LogP contribution is 2.32. The van der Waals surface area contributed by atoms with Crippen LogP contribution in [0.3, 0.4) is 0 Å². The molecule has 0 unspecified atom stereocenters. The molecule has 1 aliphatic rings. The molecule has 3 rings (SSSR count). The second-order valence-electron chi connectivity index (χ2n) is 5.13. The maximum atomic E-state index is 12.8. The molecule has 2 N–H and O–H groups in total. The van der Waals surface area contributed by atoms with Gasteiger partial charge in [0.05, 0.1) is 17.7 Å². The highest BCUT2D eigenvalue weighted by Gasteiger charge is 2.34. The van der Waals surface area contributed by atoms with Crippen molar-refractivity contribution in [1.29, 1.82) is 0 Å². The average molecular weight is 322 g/mol. The molecule has 8 heteroatoms. The van der Waals surface area contributed by atoms with Gasteiger partial charge in [0.2, 0.25) is 11.9 Å². The molecular weight excluding hydrogens is 309 g/mol. The zero-order valence-electron chi connectivity index (χ0n) is 12.2. The summed E-state index contributed by atoms with van der Waals surface area (Å²) in [4.78, 5) is 19.0. The third-order valence-corrected chi connectivity index (χ3v) is 3.49. The number of nitrogens with one attached hydrogen (secondary N) is 2. The van der Waals surface area contributed by atoms with E-state index in [1.54, 1.807) is 25.1 Å². The van der Waals surface area contributed by atoms with E-state index in [0.717, 1.165) is 17.4 Å². The third-order valence-electron chi connectivity index (χ3n) is 3.49. The number of rotatable bonds is 3. The maximum Gasteiger partial charge on any atom is 0.419 e. The first-order chi connectivity index (χ1) is 10.9. The number of amides is 1. The van der Waals surface area contributed by atoms with Crippen LogP contribution in [0.2, 0.25) is 0 Å². The van der Waals surface area contributed by atoms with Gasteiger partial charge in [0.15, 0.2) is 0 Å². The molecule has 0 aliphatic carbocycles. The van der Waals surface area contributed by atoms with Crippen LogP contribution in [-0.2, 0) is 23.8 Å². The summed E-state index contributed by atoms with van der Waals surface area (Å²) >= 11 is 0. The standard InChI is InChI=1S/C15H13F3N4O/c1-2-11-10(15(16,17)18)7-19-14(22-11)20-9-3-4-12-8(5-9)6-13(23)21-12/h3-5,7H,2,6H2,1H3,(H,21,23)(H,19,20,22). The number of benzene rings is 1. The van der Waals surface area contributed by atoms with Crippen LogP contribution < -0.4 is 10.6 Å². The Balaban J connectivity index is 1.86. The Bertz CT molecular complexity index is 774. The number of carbonyl (C=O) groups excluding carboxylic acids is 1. The van der Waals surface area contributed by atoms with Crippen molar-refractivity contribution in [1.82, 2.24) is 9.97 Å². The second kappa shape index (κ2) is 5.53. The Kier molecular flexibility index (Phi) is 3.67. The number of hydrogen-bond donors (Lipinski definition) is 2. The minimum atomic E-state index is -4.47. The number of fused-ring (bicyclic) bond motifs is 1. The van der Waals surface area contributed by atoms with Crippen LogP contribution in [0.1, 0.15) is 23.7 Å². The van der Waals surface area contributed by atoms with Crippen LogP contribution >= 0.6 is 0 Å². The van der Waals surface area contributed by atoms with Gasteiger partial charge < -0.3 is 10.6 Å². The smallest absolute Gasteiger partial charge is 0.326 e. The number of carbonyl (C=O) groups is 1. The molecular formula is C15H13F3N4O. The number of halogens is 3. The molecule has 0 bridgehead atoms. The fraction of sp³-hybridized carbons (Fsp3) is 0.267. The summed E-state index contributed by atoms with van der Waals surface area (Å²) in [6.07, 6.45) is -3.26. The zero-order chi connectivity index (χ0) is 16.6. The predicted octanol–water partition coefficient (Wildman–Crippen LogP) is 3.30. The SMILES string of the molecule is CCc1nc(Nc2ccc3c(c2)CC(=O)N3)ncc1C(F)(F)F. The van der Waals surface area contributed by atoms with E-state index in [1.165, 1.54) is 0 Å². The zero-order valence-corrected chi connectivity index (χ0v) is 12.2. The molecule has 1 aromatic heterocycles. The molecule has 0 spiro atoms. The second-order valence-corrected chi connectivity index (χ2v) is 5.13. The molecule has 1 aromatic carbocycles. The molecule has 23 heavy (non-hydrogen) atoms. The lowest BCUT2D eigenvalue weighted by molar-refractivity contribution is -0.138. The summed E-state index contributed by atoms with van der Waals surface area (Å²) in [7, 11) is 0. The first kappa shape index (κ1) is 15.3. The molecule has 0 saturated carbocycles. The number of anilines is 3. The summed E-state index contributed by atoms with van der Waals surface area (Å²) < 4.78 is 38.5. The number of aryl methyl sites for hydroxylation is 1. The normalized spacial score (nSPS) is 13.7. The third kappa shape index (κ3) is 3.10. The van der Waals surface area contributed by atoms with E-state index in [4.69, 9.17) is 0 Å². The van der Waals surface area contributed by atoms with Crippen molar-refractivity contribution < 1.29 is 18.0 Å². The number of nitrogens with zero attached hydrogens (tertiary/aromatic N) is 2. The molecule has 2 aromatic rings. The molecule has 0 atom stereocenters. The Morgan fingerprint density at radius 1 is 1.35 bits per heavy atom. The number of alkyl halides is 3. The molecule has 2 heterocycles. The van der Waals surface area contributed by atoms with E-state index in [9.17, 15) is 18.0 Å². The van der Waals surface area contributed by atoms with Crippen molar-refractivity contribution in [2.24, 2.45) is 0 Å².